The molecule has 0 bridgehead atoms. The average molecular weight is 542 g/mol. The third kappa shape index (κ3) is 3.94. The van der Waals surface area contributed by atoms with Gasteiger partial charge in [-0.05, 0) is 58.4 Å². The number of hydrogen-bond acceptors (Lipinski definition) is 8. The number of allylic oxidation sites excluding steroid dienone is 4. The Morgan fingerprint density at radius 3 is 2.45 bits per heavy atom. The Bertz CT molecular complexity index is 1700. The zero-order chi connectivity index (χ0) is 29.1. The van der Waals surface area contributed by atoms with Crippen LogP contribution in [0.3, 0.4) is 0 Å². The van der Waals surface area contributed by atoms with Gasteiger partial charge in [-0.1, -0.05) is 30.3 Å². The van der Waals surface area contributed by atoms with Gasteiger partial charge >= 0.3 is 0 Å². The molecule has 1 atom stereocenters. The van der Waals surface area contributed by atoms with E-state index < -0.39 is 28.5 Å². The lowest BCUT2D eigenvalue weighted by Gasteiger charge is -2.29. The van der Waals surface area contributed by atoms with E-state index in [1.54, 1.807) is 13.8 Å². The zero-order valence-electron chi connectivity index (χ0n) is 23.3. The van der Waals surface area contributed by atoms with Crippen LogP contribution < -0.4 is 14.8 Å². The standard InChI is InChI=1S/C32H31NO7/c1-15(2)39-23-12-11-19-9-7-8-10-20(19)21(23)14-33-17(4)25-22(35)13-24-32(6,31(25)38)27-29(37)16(3)28(36)26(18(5)34)30(27)40-24/h7-13,15,33,36-37H,14H2,1-6H3. The van der Waals surface area contributed by atoms with Crippen molar-refractivity contribution in [2.75, 3.05) is 0 Å². The van der Waals surface area contributed by atoms with E-state index in [4.69, 9.17) is 9.47 Å². The molecule has 206 valence electrons. The summed E-state index contributed by atoms with van der Waals surface area (Å²) < 4.78 is 11.9. The molecule has 3 aromatic carbocycles. The molecule has 0 aromatic heterocycles. The van der Waals surface area contributed by atoms with E-state index in [1.807, 2.05) is 50.2 Å². The Morgan fingerprint density at radius 1 is 1.07 bits per heavy atom. The Kier molecular flexibility index (Phi) is 6.45. The number of rotatable bonds is 6. The Morgan fingerprint density at radius 2 is 1.77 bits per heavy atom. The number of fused-ring (bicyclic) bond motifs is 4. The smallest absolute Gasteiger partial charge is 0.194 e. The molecular formula is C32H31NO7. The van der Waals surface area contributed by atoms with Gasteiger partial charge in [-0.3, -0.25) is 14.4 Å². The number of phenols is 2. The average Bonchev–Trinajstić information content (AvgIpc) is 3.19. The number of carbonyl (C=O) groups is 3. The fourth-order valence-electron chi connectivity index (χ4n) is 5.53. The molecule has 1 heterocycles. The first kappa shape index (κ1) is 27.0. The lowest BCUT2D eigenvalue weighted by Crippen LogP contribution is -2.41. The van der Waals surface area contributed by atoms with Crippen molar-refractivity contribution in [3.63, 3.8) is 0 Å². The van der Waals surface area contributed by atoms with Crippen molar-refractivity contribution < 1.29 is 34.1 Å². The van der Waals surface area contributed by atoms with Gasteiger partial charge in [0.1, 0.15) is 39.7 Å². The van der Waals surface area contributed by atoms with Crippen LogP contribution in [0.15, 0.2) is 59.5 Å². The van der Waals surface area contributed by atoms with Crippen LogP contribution in [0.25, 0.3) is 10.8 Å². The highest BCUT2D eigenvalue weighted by molar-refractivity contribution is 6.31. The molecule has 40 heavy (non-hydrogen) atoms. The molecule has 5 rings (SSSR count). The van der Waals surface area contributed by atoms with E-state index in [9.17, 15) is 24.6 Å². The summed E-state index contributed by atoms with van der Waals surface area (Å²) in [6.07, 6.45) is 1.16. The summed E-state index contributed by atoms with van der Waals surface area (Å²) in [5.41, 5.74) is -0.448. The number of phenolic OH excluding ortho intramolecular Hbond substituents is 2. The summed E-state index contributed by atoms with van der Waals surface area (Å²) in [6, 6.07) is 11.8. The van der Waals surface area contributed by atoms with Crippen LogP contribution in [0.4, 0.5) is 0 Å². The maximum absolute atomic E-state index is 14.1. The van der Waals surface area contributed by atoms with Crippen LogP contribution in [0, 0.1) is 6.92 Å². The van der Waals surface area contributed by atoms with Crippen molar-refractivity contribution in [2.45, 2.75) is 59.6 Å². The first-order valence-electron chi connectivity index (χ1n) is 13.1. The molecule has 3 N–H and O–H groups in total. The van der Waals surface area contributed by atoms with Gasteiger partial charge in [-0.15, -0.1) is 0 Å². The molecule has 3 aromatic rings. The maximum atomic E-state index is 14.1. The highest BCUT2D eigenvalue weighted by atomic mass is 16.5. The summed E-state index contributed by atoms with van der Waals surface area (Å²) in [5, 5.41) is 26.8. The molecule has 8 heteroatoms. The fraction of sp³-hybridized carbons (Fsp3) is 0.281. The quantitative estimate of drug-likeness (QED) is 0.218. The number of ketones is 3. The van der Waals surface area contributed by atoms with E-state index in [-0.39, 0.29) is 52.2 Å². The molecule has 0 amide bonds. The van der Waals surface area contributed by atoms with Crippen LogP contribution in [0.5, 0.6) is 23.0 Å². The topological polar surface area (TPSA) is 122 Å². The van der Waals surface area contributed by atoms with Crippen LogP contribution in [0.2, 0.25) is 0 Å². The molecular weight excluding hydrogens is 510 g/mol. The van der Waals surface area contributed by atoms with Gasteiger partial charge in [0.15, 0.2) is 17.3 Å². The number of nitrogens with one attached hydrogen (secondary N) is 1. The second-order valence-corrected chi connectivity index (χ2v) is 10.7. The van der Waals surface area contributed by atoms with Gasteiger partial charge in [0.25, 0.3) is 0 Å². The van der Waals surface area contributed by atoms with Crippen molar-refractivity contribution >= 4 is 28.1 Å². The van der Waals surface area contributed by atoms with Crippen molar-refractivity contribution in [3.05, 3.63) is 81.8 Å². The monoisotopic (exact) mass is 541 g/mol. The van der Waals surface area contributed by atoms with Gasteiger partial charge in [0.2, 0.25) is 0 Å². The molecule has 0 radical (unpaired) electrons. The fourth-order valence-corrected chi connectivity index (χ4v) is 5.53. The van der Waals surface area contributed by atoms with Crippen LogP contribution in [0.1, 0.15) is 61.7 Å². The number of Topliss-reactive ketones (excluding diaryl/α,β-unsaturated/α-hetero) is 2. The molecule has 0 spiro atoms. The number of benzene rings is 3. The molecule has 0 fully saturated rings. The van der Waals surface area contributed by atoms with Gasteiger partial charge in [0.05, 0.1) is 17.2 Å². The Labute approximate surface area is 231 Å². The normalized spacial score (nSPS) is 19.2. The van der Waals surface area contributed by atoms with Gasteiger partial charge < -0.3 is 25.0 Å². The second kappa shape index (κ2) is 9.55. The molecule has 0 saturated heterocycles. The first-order valence-corrected chi connectivity index (χ1v) is 13.1. The second-order valence-electron chi connectivity index (χ2n) is 10.7. The van der Waals surface area contributed by atoms with Crippen LogP contribution in [-0.2, 0) is 21.5 Å². The van der Waals surface area contributed by atoms with E-state index >= 15 is 0 Å². The van der Waals surface area contributed by atoms with Gasteiger partial charge in [-0.2, -0.15) is 0 Å². The molecule has 8 nitrogen and oxygen atoms in total. The molecule has 2 aliphatic rings. The SMILES string of the molecule is CC(=O)c1c(O)c(C)c(O)c2c1OC1=CC(=O)C(=C(C)NCc3c(OC(C)C)ccc4ccccc34)C(=O)C12C. The third-order valence-electron chi connectivity index (χ3n) is 7.65. The zero-order valence-corrected chi connectivity index (χ0v) is 23.3. The molecule has 1 aliphatic heterocycles. The summed E-state index contributed by atoms with van der Waals surface area (Å²) in [5.74, 6) is -1.83. The maximum Gasteiger partial charge on any atom is 0.194 e. The Hall–Kier alpha value is -4.59. The number of ether oxygens (including phenoxy) is 2. The van der Waals surface area contributed by atoms with Crippen molar-refractivity contribution in [2.24, 2.45) is 0 Å². The minimum absolute atomic E-state index is 0.00137. The number of carbonyl (C=O) groups excluding carboxylic acids is 3. The molecule has 0 saturated carbocycles. The summed E-state index contributed by atoms with van der Waals surface area (Å²) in [6.45, 7) is 10.1. The Balaban J connectivity index is 1.59. The highest BCUT2D eigenvalue weighted by Crippen LogP contribution is 2.57. The number of aromatic hydroxyl groups is 2. The van der Waals surface area contributed by atoms with E-state index in [0.717, 1.165) is 16.3 Å². The lowest BCUT2D eigenvalue weighted by molar-refractivity contribution is -0.123. The van der Waals surface area contributed by atoms with Crippen molar-refractivity contribution in [1.82, 2.24) is 5.32 Å². The summed E-state index contributed by atoms with van der Waals surface area (Å²) in [4.78, 5) is 39.8. The largest absolute Gasteiger partial charge is 0.507 e. The predicted molar refractivity (Wildman–Crippen MR) is 150 cm³/mol. The highest BCUT2D eigenvalue weighted by Gasteiger charge is 2.56. The van der Waals surface area contributed by atoms with E-state index in [2.05, 4.69) is 5.32 Å². The van der Waals surface area contributed by atoms with Crippen LogP contribution >= 0.6 is 0 Å². The third-order valence-corrected chi connectivity index (χ3v) is 7.65. The van der Waals surface area contributed by atoms with E-state index in [0.29, 0.717) is 11.4 Å². The predicted octanol–water partition coefficient (Wildman–Crippen LogP) is 5.30. The molecule has 1 aliphatic carbocycles. The summed E-state index contributed by atoms with van der Waals surface area (Å²) >= 11 is 0. The minimum Gasteiger partial charge on any atom is -0.507 e. The first-order chi connectivity index (χ1) is 18.9. The van der Waals surface area contributed by atoms with Crippen molar-refractivity contribution in [1.29, 1.82) is 0 Å². The molecule has 1 unspecified atom stereocenters. The van der Waals surface area contributed by atoms with E-state index in [1.165, 1.54) is 19.9 Å². The minimum atomic E-state index is -1.57. The summed E-state index contributed by atoms with van der Waals surface area (Å²) in [7, 11) is 0. The van der Waals surface area contributed by atoms with Gasteiger partial charge in [0, 0.05) is 29.4 Å². The lowest BCUT2D eigenvalue weighted by atomic mass is 9.70. The van der Waals surface area contributed by atoms with Crippen LogP contribution in [-0.4, -0.2) is 33.7 Å². The van der Waals surface area contributed by atoms with Crippen molar-refractivity contribution in [3.8, 4) is 23.0 Å². The van der Waals surface area contributed by atoms with Gasteiger partial charge in [-0.25, -0.2) is 0 Å². The number of hydrogen-bond donors (Lipinski definition) is 3.